The second-order valence-corrected chi connectivity index (χ2v) is 7.00. The van der Waals surface area contributed by atoms with Gasteiger partial charge < -0.3 is 10.2 Å². The van der Waals surface area contributed by atoms with Crippen molar-refractivity contribution in [3.8, 4) is 0 Å². The van der Waals surface area contributed by atoms with Crippen LogP contribution in [0, 0.1) is 12.3 Å². The molecule has 0 saturated carbocycles. The second-order valence-electron chi connectivity index (χ2n) is 7.00. The summed E-state index contributed by atoms with van der Waals surface area (Å²) in [6.45, 7) is 6.42. The van der Waals surface area contributed by atoms with Crippen LogP contribution in [-0.4, -0.2) is 20.9 Å². The fraction of sp³-hybridized carbons (Fsp3) is 0.333. The third kappa shape index (κ3) is 1.76. The molecule has 4 heteroatoms. The summed E-state index contributed by atoms with van der Waals surface area (Å²) in [5, 5.41) is 15.5. The largest absolute Gasteiger partial charge is 0.411 e. The number of oxime groups is 1. The molecule has 3 aromatic rings. The van der Waals surface area contributed by atoms with Gasteiger partial charge in [0.2, 0.25) is 0 Å². The van der Waals surface area contributed by atoms with E-state index in [0.717, 1.165) is 51.9 Å². The molecule has 0 saturated heterocycles. The van der Waals surface area contributed by atoms with Gasteiger partial charge in [-0.3, -0.25) is 4.98 Å². The molecule has 0 aliphatic heterocycles. The van der Waals surface area contributed by atoms with Crippen LogP contribution in [0.2, 0.25) is 0 Å². The number of pyridine rings is 1. The molecule has 0 radical (unpaired) electrons. The molecule has 1 aromatic carbocycles. The first-order valence-corrected chi connectivity index (χ1v) is 7.61. The fourth-order valence-corrected chi connectivity index (χ4v) is 3.71. The molecule has 1 aliphatic carbocycles. The molecule has 112 valence electrons. The summed E-state index contributed by atoms with van der Waals surface area (Å²) in [6.07, 6.45) is 1.66. The summed E-state index contributed by atoms with van der Waals surface area (Å²) in [6, 6.07) is 8.25. The molecule has 2 N–H and O–H groups in total. The number of aryl methyl sites for hydroxylation is 1. The zero-order valence-electron chi connectivity index (χ0n) is 13.1. The number of H-pyrrole nitrogens is 1. The van der Waals surface area contributed by atoms with Gasteiger partial charge in [0.15, 0.2) is 0 Å². The van der Waals surface area contributed by atoms with Crippen LogP contribution in [0.25, 0.3) is 21.8 Å². The summed E-state index contributed by atoms with van der Waals surface area (Å²) in [4.78, 5) is 8.27. The predicted octanol–water partition coefficient (Wildman–Crippen LogP) is 4.18. The average molecular weight is 293 g/mol. The van der Waals surface area contributed by atoms with Crippen LogP contribution in [0.1, 0.15) is 37.2 Å². The topological polar surface area (TPSA) is 61.3 Å². The lowest BCUT2D eigenvalue weighted by molar-refractivity contribution is 0.306. The number of benzene rings is 1. The lowest BCUT2D eigenvalue weighted by atomic mass is 9.74. The Morgan fingerprint density at radius 3 is 2.77 bits per heavy atom. The van der Waals surface area contributed by atoms with E-state index < -0.39 is 0 Å². The number of aromatic amines is 1. The van der Waals surface area contributed by atoms with E-state index in [9.17, 15) is 5.21 Å². The van der Waals surface area contributed by atoms with Gasteiger partial charge in [-0.25, -0.2) is 0 Å². The minimum Gasteiger partial charge on any atom is -0.411 e. The van der Waals surface area contributed by atoms with Crippen molar-refractivity contribution in [2.75, 3.05) is 0 Å². The summed E-state index contributed by atoms with van der Waals surface area (Å²) >= 11 is 0. The lowest BCUT2D eigenvalue weighted by Crippen LogP contribution is -2.29. The summed E-state index contributed by atoms with van der Waals surface area (Å²) in [5.41, 5.74) is 6.00. The number of para-hydroxylation sites is 1. The quantitative estimate of drug-likeness (QED) is 0.482. The highest BCUT2D eigenvalue weighted by Crippen LogP contribution is 2.40. The van der Waals surface area contributed by atoms with Gasteiger partial charge in [0, 0.05) is 21.9 Å². The third-order valence-electron chi connectivity index (χ3n) is 4.61. The van der Waals surface area contributed by atoms with Crippen molar-refractivity contribution in [1.29, 1.82) is 0 Å². The van der Waals surface area contributed by atoms with E-state index in [4.69, 9.17) is 4.98 Å². The van der Waals surface area contributed by atoms with Crippen LogP contribution in [0.5, 0.6) is 0 Å². The molecule has 1 aliphatic rings. The van der Waals surface area contributed by atoms with E-state index in [1.54, 1.807) is 0 Å². The standard InChI is InChI=1S/C18H19N3O/c1-10-17-15(11-6-4-5-7-12(11)20-17)16-13(19-10)8-18(2,3)9-14(16)21-22/h4-7,20,22H,8-9H2,1-3H3/b21-14+. The Hall–Kier alpha value is -2.36. The Morgan fingerprint density at radius 1 is 1.23 bits per heavy atom. The van der Waals surface area contributed by atoms with Crippen molar-refractivity contribution in [1.82, 2.24) is 9.97 Å². The van der Waals surface area contributed by atoms with E-state index in [2.05, 4.69) is 36.1 Å². The highest BCUT2D eigenvalue weighted by Gasteiger charge is 2.33. The van der Waals surface area contributed by atoms with Gasteiger partial charge in [0.1, 0.15) is 0 Å². The second kappa shape index (κ2) is 4.32. The van der Waals surface area contributed by atoms with Crippen LogP contribution in [0.4, 0.5) is 0 Å². The monoisotopic (exact) mass is 293 g/mol. The van der Waals surface area contributed by atoms with Crippen LogP contribution in [-0.2, 0) is 6.42 Å². The van der Waals surface area contributed by atoms with Crippen LogP contribution < -0.4 is 0 Å². The number of fused-ring (bicyclic) bond motifs is 5. The zero-order chi connectivity index (χ0) is 15.5. The minimum absolute atomic E-state index is 0.0633. The number of nitrogens with one attached hydrogen (secondary N) is 1. The molecule has 0 bridgehead atoms. The molecule has 4 rings (SSSR count). The zero-order valence-corrected chi connectivity index (χ0v) is 13.1. The van der Waals surface area contributed by atoms with Gasteiger partial charge in [-0.15, -0.1) is 0 Å². The van der Waals surface area contributed by atoms with E-state index >= 15 is 0 Å². The van der Waals surface area contributed by atoms with Crippen LogP contribution >= 0.6 is 0 Å². The van der Waals surface area contributed by atoms with Crippen molar-refractivity contribution in [3.05, 3.63) is 41.2 Å². The Morgan fingerprint density at radius 2 is 2.00 bits per heavy atom. The maximum atomic E-state index is 9.56. The SMILES string of the molecule is Cc1nc2c(c3c1[nH]c1ccccc13)/C(=N/O)CC(C)(C)C2. The van der Waals surface area contributed by atoms with Crippen molar-refractivity contribution in [3.63, 3.8) is 0 Å². The Balaban J connectivity index is 2.19. The first-order chi connectivity index (χ1) is 10.5. The summed E-state index contributed by atoms with van der Waals surface area (Å²) in [5.74, 6) is 0. The Labute approximate surface area is 128 Å². The lowest BCUT2D eigenvalue weighted by Gasteiger charge is -2.31. The smallest absolute Gasteiger partial charge is 0.0898 e. The van der Waals surface area contributed by atoms with Crippen molar-refractivity contribution >= 4 is 27.5 Å². The molecule has 0 spiro atoms. The van der Waals surface area contributed by atoms with Gasteiger partial charge >= 0.3 is 0 Å². The molecular weight excluding hydrogens is 274 g/mol. The molecular formula is C18H19N3O. The summed E-state index contributed by atoms with van der Waals surface area (Å²) < 4.78 is 0. The molecule has 2 aromatic heterocycles. The first-order valence-electron chi connectivity index (χ1n) is 7.61. The first kappa shape index (κ1) is 13.3. The van der Waals surface area contributed by atoms with E-state index in [1.807, 2.05) is 19.1 Å². The minimum atomic E-state index is 0.0633. The van der Waals surface area contributed by atoms with Gasteiger partial charge in [0.25, 0.3) is 0 Å². The number of hydrogen-bond acceptors (Lipinski definition) is 3. The molecule has 4 nitrogen and oxygen atoms in total. The van der Waals surface area contributed by atoms with Crippen LogP contribution in [0.3, 0.4) is 0 Å². The van der Waals surface area contributed by atoms with Crippen LogP contribution in [0.15, 0.2) is 29.4 Å². The predicted molar refractivity (Wildman–Crippen MR) is 88.8 cm³/mol. The van der Waals surface area contributed by atoms with Crippen molar-refractivity contribution < 1.29 is 5.21 Å². The fourth-order valence-electron chi connectivity index (χ4n) is 3.71. The van der Waals surface area contributed by atoms with E-state index in [0.29, 0.717) is 0 Å². The highest BCUT2D eigenvalue weighted by molar-refractivity contribution is 6.20. The van der Waals surface area contributed by atoms with Crippen molar-refractivity contribution in [2.45, 2.75) is 33.6 Å². The maximum Gasteiger partial charge on any atom is 0.0898 e. The van der Waals surface area contributed by atoms with Gasteiger partial charge in [-0.2, -0.15) is 0 Å². The summed E-state index contributed by atoms with van der Waals surface area (Å²) in [7, 11) is 0. The number of hydrogen-bond donors (Lipinski definition) is 2. The number of aromatic nitrogens is 2. The van der Waals surface area contributed by atoms with Gasteiger partial charge in [-0.1, -0.05) is 37.2 Å². The highest BCUT2D eigenvalue weighted by atomic mass is 16.4. The van der Waals surface area contributed by atoms with Gasteiger partial charge in [0.05, 0.1) is 22.6 Å². The molecule has 0 fully saturated rings. The van der Waals surface area contributed by atoms with E-state index in [1.165, 1.54) is 5.39 Å². The number of rotatable bonds is 0. The third-order valence-corrected chi connectivity index (χ3v) is 4.61. The Kier molecular flexibility index (Phi) is 2.61. The molecule has 0 unspecified atom stereocenters. The molecule has 0 amide bonds. The Bertz CT molecular complexity index is 934. The van der Waals surface area contributed by atoms with E-state index in [-0.39, 0.29) is 5.41 Å². The molecule has 0 atom stereocenters. The van der Waals surface area contributed by atoms with Gasteiger partial charge in [-0.05, 0) is 31.2 Å². The normalized spacial score (nSPS) is 19.0. The maximum absolute atomic E-state index is 9.56. The molecule has 22 heavy (non-hydrogen) atoms. The average Bonchev–Trinajstić information content (AvgIpc) is 2.85. The number of nitrogens with zero attached hydrogens (tertiary/aromatic N) is 2. The molecule has 2 heterocycles. The van der Waals surface area contributed by atoms with Crippen molar-refractivity contribution in [2.24, 2.45) is 10.6 Å².